The van der Waals surface area contributed by atoms with Crippen LogP contribution in [0.5, 0.6) is 0 Å². The summed E-state index contributed by atoms with van der Waals surface area (Å²) in [5, 5.41) is 8.63. The maximum atomic E-state index is 10.6. The summed E-state index contributed by atoms with van der Waals surface area (Å²) in [4.78, 5) is 10.6. The minimum absolute atomic E-state index is 0.0285. The lowest BCUT2D eigenvalue weighted by Crippen LogP contribution is -2.32. The fraction of sp³-hybridized carbons (Fsp3) is 0.222. The molecule has 3 N–H and O–H groups in total. The van der Waals surface area contributed by atoms with Crippen molar-refractivity contribution in [1.82, 2.24) is 0 Å². The molecule has 0 saturated heterocycles. The number of nitrogens with two attached hydrogens (primary N) is 1. The molecule has 0 aromatic heterocycles. The highest BCUT2D eigenvalue weighted by Gasteiger charge is 2.10. The molecule has 0 unspecified atom stereocenters. The summed E-state index contributed by atoms with van der Waals surface area (Å²) in [6, 6.07) is 2.85. The predicted octanol–water partition coefficient (Wildman–Crippen LogP) is 0.641. The zero-order valence-corrected chi connectivity index (χ0v) is 6.32. The van der Waals surface area contributed by atoms with Gasteiger partial charge in [0.05, 0.1) is 2.74 Å². The Labute approximate surface area is 75.0 Å². The molecule has 0 amide bonds. The van der Waals surface area contributed by atoms with Gasteiger partial charge in [0.1, 0.15) is 6.04 Å². The molecule has 0 spiro atoms. The van der Waals surface area contributed by atoms with Crippen LogP contribution >= 0.6 is 0 Å². The van der Waals surface area contributed by atoms with Crippen molar-refractivity contribution in [2.24, 2.45) is 5.73 Å². The van der Waals surface area contributed by atoms with E-state index in [1.165, 1.54) is 18.2 Å². The molecular weight excluding hydrogens is 161 g/mol. The molecule has 0 aliphatic rings. The number of carbonyl (C=O) groups is 1. The van der Waals surface area contributed by atoms with Gasteiger partial charge >= 0.3 is 5.97 Å². The molecule has 0 heterocycles. The van der Waals surface area contributed by atoms with Gasteiger partial charge in [-0.05, 0) is 12.0 Å². The standard InChI is InChI=1S/C9H11NO2/c10-8(9(11)12)6-7-4-2-1-3-5-7/h1-5,8H,6,10H2,(H,11,12)/t8-/m0/s1/i2+1,3+1,4D,5D,6+1D,7+1,8+1,9+1,10+1/t6-,8+/m1. The van der Waals surface area contributed by atoms with E-state index in [1.807, 2.05) is 0 Å². The molecule has 3 nitrogen and oxygen atoms in total. The van der Waals surface area contributed by atoms with Crippen LogP contribution in [0.1, 0.15) is 9.68 Å². The van der Waals surface area contributed by atoms with Crippen LogP contribution in [-0.4, -0.2) is 17.1 Å². The van der Waals surface area contributed by atoms with Gasteiger partial charge in [0.25, 0.3) is 0 Å². The fourth-order valence-corrected chi connectivity index (χ4v) is 0.713. The number of rotatable bonds is 3. The van der Waals surface area contributed by atoms with E-state index in [1.54, 1.807) is 0 Å². The monoisotopic (exact) mass is 175 g/mol. The molecule has 1 aromatic rings. The Kier molecular flexibility index (Phi) is 1.72. The van der Waals surface area contributed by atoms with E-state index >= 15 is 0 Å². The van der Waals surface area contributed by atoms with Crippen molar-refractivity contribution in [3.63, 3.8) is 0 Å². The Morgan fingerprint density at radius 3 is 2.75 bits per heavy atom. The Balaban J connectivity index is 3.10. The van der Waals surface area contributed by atoms with E-state index in [0.717, 1.165) is 0 Å². The summed E-state index contributed by atoms with van der Waals surface area (Å²) >= 11 is 0. The third kappa shape index (κ3) is 2.36. The normalized spacial score (nSPS) is 18.6. The van der Waals surface area contributed by atoms with E-state index in [2.05, 4.69) is 0 Å². The highest BCUT2D eigenvalue weighted by Crippen LogP contribution is 2.01. The first-order chi connectivity index (χ1) is 6.95. The average molecular weight is 175 g/mol. The van der Waals surface area contributed by atoms with E-state index in [0.29, 0.717) is 0 Å². The number of hydrogen-bond acceptors (Lipinski definition) is 2. The number of carboxylic acid groups (broad SMARTS) is 1. The van der Waals surface area contributed by atoms with Gasteiger partial charge in [0.15, 0.2) is 0 Å². The third-order valence-electron chi connectivity index (χ3n) is 1.30. The maximum absolute atomic E-state index is 10.6. The quantitative estimate of drug-likeness (QED) is 0.523. The van der Waals surface area contributed by atoms with Crippen molar-refractivity contribution >= 4 is 5.97 Å². The zero-order chi connectivity index (χ0) is 11.6. The summed E-state index contributed by atoms with van der Waals surface area (Å²) in [6.45, 7) is 0. The van der Waals surface area contributed by atoms with Crippen LogP contribution < -0.4 is 5.73 Å². The average Bonchev–Trinajstić information content (AvgIpc) is 2.15. The summed E-state index contributed by atoms with van der Waals surface area (Å²) in [7, 11) is 0. The lowest BCUT2D eigenvalue weighted by Gasteiger charge is -2.04. The highest BCUT2D eigenvalue weighted by atomic mass is 16.5. The van der Waals surface area contributed by atoms with Gasteiger partial charge in [0.2, 0.25) is 0 Å². The van der Waals surface area contributed by atoms with Crippen LogP contribution in [-0.2, 0) is 11.2 Å². The van der Waals surface area contributed by atoms with Gasteiger partial charge in [0, 0.05) is 1.37 Å². The van der Waals surface area contributed by atoms with Crippen LogP contribution in [0, 0.1) is 0 Å². The van der Waals surface area contributed by atoms with Crippen molar-refractivity contribution < 1.29 is 14.0 Å². The number of benzene rings is 1. The molecule has 64 valence electrons. The topological polar surface area (TPSA) is 63.3 Å². The van der Waals surface area contributed by atoms with Gasteiger partial charge < -0.3 is 10.8 Å². The van der Waals surface area contributed by atoms with Crippen molar-refractivity contribution in [1.29, 1.82) is 0 Å². The van der Waals surface area contributed by atoms with Gasteiger partial charge in [-0.3, -0.25) is 4.79 Å². The minimum atomic E-state index is -1.42. The van der Waals surface area contributed by atoms with Crippen molar-refractivity contribution in [3.05, 3.63) is 35.8 Å². The lowest BCUT2D eigenvalue weighted by molar-refractivity contribution is -0.138. The number of carboxylic acids is 1. The molecule has 0 bridgehead atoms. The molecule has 0 saturated carbocycles. The molecule has 0 aliphatic heterocycles. The van der Waals surface area contributed by atoms with Crippen molar-refractivity contribution in [3.8, 4) is 0 Å². The van der Waals surface area contributed by atoms with E-state index in [9.17, 15) is 4.79 Å². The maximum Gasteiger partial charge on any atom is 0.320 e. The first-order valence-corrected chi connectivity index (χ1v) is 3.42. The van der Waals surface area contributed by atoms with E-state index in [-0.39, 0.29) is 17.6 Å². The number of hydrogen-bond donors (Lipinski definition) is 2. The molecule has 0 radical (unpaired) electrons. The van der Waals surface area contributed by atoms with E-state index in [4.69, 9.17) is 15.0 Å². The second-order valence-electron chi connectivity index (χ2n) is 2.26. The van der Waals surface area contributed by atoms with E-state index < -0.39 is 18.4 Å². The smallest absolute Gasteiger partial charge is 0.320 e. The molecule has 2 atom stereocenters. The Bertz CT molecular complexity index is 363. The van der Waals surface area contributed by atoms with Crippen molar-refractivity contribution in [2.45, 2.75) is 12.4 Å². The minimum Gasteiger partial charge on any atom is -0.480 e. The third-order valence-corrected chi connectivity index (χ3v) is 1.30. The molecule has 12 heavy (non-hydrogen) atoms. The number of aliphatic carboxylic acids is 1. The van der Waals surface area contributed by atoms with Crippen LogP contribution in [0.3, 0.4) is 0 Å². The Morgan fingerprint density at radius 1 is 1.67 bits per heavy atom. The van der Waals surface area contributed by atoms with Crippen molar-refractivity contribution in [2.75, 3.05) is 0 Å². The first kappa shape index (κ1) is 5.32. The van der Waals surface area contributed by atoms with Gasteiger partial charge in [-0.15, -0.1) is 0 Å². The fourth-order valence-electron chi connectivity index (χ4n) is 0.713. The second-order valence-corrected chi connectivity index (χ2v) is 2.26. The van der Waals surface area contributed by atoms with Gasteiger partial charge in [-0.2, -0.15) is 0 Å². The lowest BCUT2D eigenvalue weighted by atomic mass is 10.7. The van der Waals surface area contributed by atoms with Gasteiger partial charge in [-0.25, -0.2) is 0 Å². The highest BCUT2D eigenvalue weighted by molar-refractivity contribution is 5.73. The van der Waals surface area contributed by atoms with Crippen LogP contribution in [0.15, 0.2) is 30.3 Å². The summed E-state index contributed by atoms with van der Waals surface area (Å²) in [5.41, 5.74) is 5.32. The van der Waals surface area contributed by atoms with Crippen LogP contribution in [0.25, 0.3) is 0 Å². The summed E-state index contributed by atoms with van der Waals surface area (Å²) < 4.78 is 22.6. The Morgan fingerprint density at radius 2 is 2.25 bits per heavy atom. The molecule has 1 rings (SSSR count). The SMILES string of the molecule is [2H]c1[13cH]c[13cH]c([2H])[13c]1[13C@@H]([2H])[13C@H]([15NH2])[13C](=O)O. The first-order valence-electron chi connectivity index (χ1n) is 4.99. The predicted molar refractivity (Wildman–Crippen MR) is 45.8 cm³/mol. The Hall–Kier alpha value is -1.35. The summed E-state index contributed by atoms with van der Waals surface area (Å²) in [5.74, 6) is -1.31. The zero-order valence-electron chi connectivity index (χ0n) is 9.32. The molecule has 3 heteroatoms. The molecule has 1 aromatic carbocycles. The summed E-state index contributed by atoms with van der Waals surface area (Å²) in [6.07, 6.45) is -1.29. The molecule has 0 fully saturated rings. The molecular formula is C9H11NO2. The van der Waals surface area contributed by atoms with Crippen LogP contribution in [0.4, 0.5) is 0 Å². The largest absolute Gasteiger partial charge is 0.480 e. The van der Waals surface area contributed by atoms with Crippen LogP contribution in [0.2, 0.25) is 0 Å². The second kappa shape index (κ2) is 3.88. The van der Waals surface area contributed by atoms with Gasteiger partial charge in [-0.1, -0.05) is 30.3 Å². The molecule has 0 aliphatic carbocycles.